The molecule has 0 unspecified atom stereocenters. The van der Waals surface area contributed by atoms with Crippen LogP contribution in [0, 0.1) is 0 Å². The van der Waals surface area contributed by atoms with E-state index < -0.39 is 15.6 Å². The van der Waals surface area contributed by atoms with Crippen molar-refractivity contribution in [2.24, 2.45) is 5.14 Å². The molecule has 8 heteroatoms. The maximum atomic E-state index is 12.6. The minimum Gasteiger partial charge on any atom is -0.454 e. The van der Waals surface area contributed by atoms with Gasteiger partial charge in [0, 0.05) is 26.2 Å². The molecule has 192 valence electrons. The van der Waals surface area contributed by atoms with Gasteiger partial charge in [-0.1, -0.05) is 61.9 Å². The number of primary sulfonamides is 1. The van der Waals surface area contributed by atoms with Crippen molar-refractivity contribution in [3.8, 4) is 11.5 Å². The second-order valence-corrected chi connectivity index (χ2v) is 10.9. The predicted octanol–water partition coefficient (Wildman–Crippen LogP) is 4.82. The molecule has 36 heavy (non-hydrogen) atoms. The van der Waals surface area contributed by atoms with Gasteiger partial charge in [-0.05, 0) is 54.7 Å². The number of piperidine rings is 1. The minimum absolute atomic E-state index is 0.0411. The second-order valence-electron chi connectivity index (χ2n) is 9.38. The molecular weight excluding hydrogens is 474 g/mol. The van der Waals surface area contributed by atoms with E-state index in [0.717, 1.165) is 24.0 Å². The normalized spacial score (nSPS) is 16.0. The topological polar surface area (TPSA) is 105 Å². The van der Waals surface area contributed by atoms with Crippen LogP contribution in [-0.2, 0) is 22.2 Å². The van der Waals surface area contributed by atoms with E-state index in [2.05, 4.69) is 17.1 Å². The zero-order chi connectivity index (χ0) is 25.6. The summed E-state index contributed by atoms with van der Waals surface area (Å²) < 4.78 is 31.3. The molecule has 7 nitrogen and oxygen atoms in total. The molecule has 0 spiro atoms. The van der Waals surface area contributed by atoms with Gasteiger partial charge in [0.05, 0.1) is 11.3 Å². The van der Waals surface area contributed by atoms with Gasteiger partial charge in [-0.25, -0.2) is 13.6 Å². The van der Waals surface area contributed by atoms with E-state index in [-0.39, 0.29) is 10.6 Å². The summed E-state index contributed by atoms with van der Waals surface area (Å²) in [4.78, 5) is 2.19. The van der Waals surface area contributed by atoms with Crippen molar-refractivity contribution >= 4 is 15.7 Å². The third-order valence-corrected chi connectivity index (χ3v) is 7.55. The standard InChI is InChI=1S/C28H35N3O4S/c1-2-3-16-30-25-19-22(20-26(36(29,33)34)27(25)35-24-12-8-5-9-13-24)21-31-17-14-28(32,15-18-31)23-10-6-4-7-11-23/h4-13,19-20,30,32H,2-3,14-18,21H2,1H3,(H2,29,33,34). The number of nitrogens with two attached hydrogens (primary N) is 1. The van der Waals surface area contributed by atoms with Crippen LogP contribution in [0.5, 0.6) is 11.5 Å². The Morgan fingerprint density at radius 2 is 1.67 bits per heavy atom. The monoisotopic (exact) mass is 509 g/mol. The summed E-state index contributed by atoms with van der Waals surface area (Å²) in [6.45, 7) is 4.71. The summed E-state index contributed by atoms with van der Waals surface area (Å²) in [6.07, 6.45) is 3.15. The lowest BCUT2D eigenvalue weighted by Gasteiger charge is -2.38. The third-order valence-electron chi connectivity index (χ3n) is 6.63. The van der Waals surface area contributed by atoms with E-state index in [1.54, 1.807) is 18.2 Å². The van der Waals surface area contributed by atoms with Gasteiger partial charge in [0.1, 0.15) is 10.6 Å². The van der Waals surface area contributed by atoms with E-state index in [4.69, 9.17) is 9.88 Å². The SMILES string of the molecule is CCCCNc1cc(CN2CCC(O)(c3ccccc3)CC2)cc(S(N)(=O)=O)c1Oc1ccccc1. The van der Waals surface area contributed by atoms with E-state index in [1.165, 1.54) is 0 Å². The Morgan fingerprint density at radius 3 is 2.28 bits per heavy atom. The number of hydrogen-bond acceptors (Lipinski definition) is 6. The molecule has 0 aromatic heterocycles. The van der Waals surface area contributed by atoms with Crippen molar-refractivity contribution in [3.63, 3.8) is 0 Å². The molecule has 1 aliphatic heterocycles. The highest BCUT2D eigenvalue weighted by atomic mass is 32.2. The van der Waals surface area contributed by atoms with Crippen LogP contribution in [0.25, 0.3) is 0 Å². The number of para-hydroxylation sites is 1. The molecule has 0 aliphatic carbocycles. The number of nitrogens with zero attached hydrogens (tertiary/aromatic N) is 1. The van der Waals surface area contributed by atoms with Gasteiger partial charge < -0.3 is 15.2 Å². The summed E-state index contributed by atoms with van der Waals surface area (Å²) in [6, 6.07) is 22.4. The average molecular weight is 510 g/mol. The molecule has 0 amide bonds. The molecule has 0 saturated carbocycles. The number of rotatable bonds is 10. The van der Waals surface area contributed by atoms with Crippen molar-refractivity contribution in [3.05, 3.63) is 83.9 Å². The molecule has 1 fully saturated rings. The van der Waals surface area contributed by atoms with Crippen LogP contribution in [-0.4, -0.2) is 38.1 Å². The number of unbranched alkanes of at least 4 members (excludes halogenated alkanes) is 1. The summed E-state index contributed by atoms with van der Waals surface area (Å²) in [7, 11) is -4.05. The van der Waals surface area contributed by atoms with E-state index in [9.17, 15) is 13.5 Å². The Hall–Kier alpha value is -2.91. The lowest BCUT2D eigenvalue weighted by Crippen LogP contribution is -2.42. The van der Waals surface area contributed by atoms with Crippen molar-refractivity contribution < 1.29 is 18.3 Å². The predicted molar refractivity (Wildman–Crippen MR) is 143 cm³/mol. The number of aliphatic hydroxyl groups is 1. The number of hydrogen-bond donors (Lipinski definition) is 3. The van der Waals surface area contributed by atoms with E-state index in [1.807, 2.05) is 54.6 Å². The van der Waals surface area contributed by atoms with Crippen molar-refractivity contribution in [2.45, 2.75) is 49.6 Å². The van der Waals surface area contributed by atoms with Gasteiger partial charge in [-0.3, -0.25) is 4.90 Å². The fourth-order valence-electron chi connectivity index (χ4n) is 4.58. The molecule has 0 radical (unpaired) electrons. The first kappa shape index (κ1) is 26.2. The molecular formula is C28H35N3O4S. The van der Waals surface area contributed by atoms with Crippen LogP contribution in [0.4, 0.5) is 5.69 Å². The van der Waals surface area contributed by atoms with Crippen molar-refractivity contribution in [2.75, 3.05) is 25.0 Å². The molecule has 1 aliphatic rings. The molecule has 1 saturated heterocycles. The molecule has 0 atom stereocenters. The molecule has 3 aromatic rings. The summed E-state index contributed by atoms with van der Waals surface area (Å²) >= 11 is 0. The van der Waals surface area contributed by atoms with Crippen LogP contribution < -0.4 is 15.2 Å². The lowest BCUT2D eigenvalue weighted by atomic mass is 9.84. The minimum atomic E-state index is -4.05. The average Bonchev–Trinajstić information content (AvgIpc) is 2.87. The van der Waals surface area contributed by atoms with Crippen LogP contribution in [0.1, 0.15) is 43.7 Å². The molecule has 4 N–H and O–H groups in total. The van der Waals surface area contributed by atoms with Gasteiger partial charge in [0.2, 0.25) is 10.0 Å². The highest BCUT2D eigenvalue weighted by molar-refractivity contribution is 7.89. The third kappa shape index (κ3) is 6.44. The Balaban J connectivity index is 1.59. The summed E-state index contributed by atoms with van der Waals surface area (Å²) in [5.74, 6) is 0.741. The number of sulfonamides is 1. The molecule has 1 heterocycles. The molecule has 4 rings (SSSR count). The largest absolute Gasteiger partial charge is 0.454 e. The number of benzene rings is 3. The second kappa shape index (κ2) is 11.4. The summed E-state index contributed by atoms with van der Waals surface area (Å²) in [5.41, 5.74) is 1.52. The fraction of sp³-hybridized carbons (Fsp3) is 0.357. The van der Waals surface area contributed by atoms with Crippen LogP contribution in [0.2, 0.25) is 0 Å². The quantitative estimate of drug-likeness (QED) is 0.339. The molecule has 0 bridgehead atoms. The van der Waals surface area contributed by atoms with E-state index in [0.29, 0.717) is 50.5 Å². The Morgan fingerprint density at radius 1 is 1.03 bits per heavy atom. The fourth-order valence-corrected chi connectivity index (χ4v) is 5.31. The zero-order valence-corrected chi connectivity index (χ0v) is 21.5. The van der Waals surface area contributed by atoms with Crippen molar-refractivity contribution in [1.29, 1.82) is 0 Å². The first-order chi connectivity index (χ1) is 17.3. The summed E-state index contributed by atoms with van der Waals surface area (Å²) in [5, 5.41) is 20.2. The Kier molecular flexibility index (Phi) is 8.31. The van der Waals surface area contributed by atoms with Crippen molar-refractivity contribution in [1.82, 2.24) is 4.90 Å². The lowest BCUT2D eigenvalue weighted by molar-refractivity contribution is -0.0277. The van der Waals surface area contributed by atoms with Crippen LogP contribution >= 0.6 is 0 Å². The van der Waals surface area contributed by atoms with Crippen LogP contribution in [0.15, 0.2) is 77.7 Å². The number of likely N-dealkylation sites (tertiary alicyclic amines) is 1. The van der Waals surface area contributed by atoms with Gasteiger partial charge in [0.25, 0.3) is 0 Å². The molecule has 3 aromatic carbocycles. The highest BCUT2D eigenvalue weighted by Crippen LogP contribution is 2.38. The highest BCUT2D eigenvalue weighted by Gasteiger charge is 2.34. The van der Waals surface area contributed by atoms with Gasteiger partial charge in [-0.2, -0.15) is 0 Å². The Bertz CT molecular complexity index is 1240. The van der Waals surface area contributed by atoms with E-state index >= 15 is 0 Å². The Labute approximate surface area is 214 Å². The number of ether oxygens (including phenoxy) is 1. The maximum Gasteiger partial charge on any atom is 0.241 e. The zero-order valence-electron chi connectivity index (χ0n) is 20.7. The number of anilines is 1. The van der Waals surface area contributed by atoms with Gasteiger partial charge in [0.15, 0.2) is 5.75 Å². The number of nitrogens with one attached hydrogen (secondary N) is 1. The van der Waals surface area contributed by atoms with Crippen LogP contribution in [0.3, 0.4) is 0 Å². The first-order valence-electron chi connectivity index (χ1n) is 12.5. The van der Waals surface area contributed by atoms with Gasteiger partial charge >= 0.3 is 0 Å². The first-order valence-corrected chi connectivity index (χ1v) is 14.0. The smallest absolute Gasteiger partial charge is 0.241 e. The van der Waals surface area contributed by atoms with Gasteiger partial charge in [-0.15, -0.1) is 0 Å². The maximum absolute atomic E-state index is 12.6.